The molecule has 0 aliphatic rings. The van der Waals surface area contributed by atoms with Gasteiger partial charge in [-0.2, -0.15) is 18.3 Å². The molecular formula is C9H6BrClF3N3S2. The molecule has 0 atom stereocenters. The van der Waals surface area contributed by atoms with Gasteiger partial charge in [-0.25, -0.2) is 4.98 Å². The van der Waals surface area contributed by atoms with Crippen molar-refractivity contribution in [3.05, 3.63) is 26.4 Å². The van der Waals surface area contributed by atoms with Crippen molar-refractivity contribution in [2.24, 2.45) is 7.05 Å². The van der Waals surface area contributed by atoms with Crippen molar-refractivity contribution in [3.8, 4) is 0 Å². The van der Waals surface area contributed by atoms with Gasteiger partial charge in [0.05, 0.1) is 9.98 Å². The molecule has 10 heteroatoms. The molecule has 0 spiro atoms. The van der Waals surface area contributed by atoms with Gasteiger partial charge in [0.1, 0.15) is 5.15 Å². The summed E-state index contributed by atoms with van der Waals surface area (Å²) in [5.41, 5.74) is -0.962. The number of thioether (sulfide) groups is 1. The van der Waals surface area contributed by atoms with Crippen LogP contribution in [0.2, 0.25) is 5.15 Å². The van der Waals surface area contributed by atoms with E-state index in [0.29, 0.717) is 4.34 Å². The molecule has 19 heavy (non-hydrogen) atoms. The van der Waals surface area contributed by atoms with E-state index in [-0.39, 0.29) is 16.5 Å². The third-order valence-electron chi connectivity index (χ3n) is 2.13. The second kappa shape index (κ2) is 5.63. The first-order chi connectivity index (χ1) is 8.79. The van der Waals surface area contributed by atoms with Crippen LogP contribution < -0.4 is 0 Å². The largest absolute Gasteiger partial charge is 0.435 e. The van der Waals surface area contributed by atoms with Gasteiger partial charge in [0, 0.05) is 18.4 Å². The Balaban J connectivity index is 2.24. The van der Waals surface area contributed by atoms with Gasteiger partial charge in [0.2, 0.25) is 0 Å². The lowest BCUT2D eigenvalue weighted by atomic mass is 10.3. The Morgan fingerprint density at radius 3 is 2.74 bits per heavy atom. The highest BCUT2D eigenvalue weighted by Crippen LogP contribution is 2.38. The van der Waals surface area contributed by atoms with Gasteiger partial charge in [0.25, 0.3) is 0 Å². The van der Waals surface area contributed by atoms with Crippen LogP contribution in [-0.4, -0.2) is 14.8 Å². The molecule has 0 radical (unpaired) electrons. The molecule has 0 N–H and O–H groups in total. The second-order valence-electron chi connectivity index (χ2n) is 3.46. The smallest absolute Gasteiger partial charge is 0.256 e. The molecule has 104 valence electrons. The monoisotopic (exact) mass is 391 g/mol. The van der Waals surface area contributed by atoms with E-state index in [1.54, 1.807) is 6.20 Å². The number of halogens is 5. The van der Waals surface area contributed by atoms with Crippen molar-refractivity contribution in [3.63, 3.8) is 0 Å². The maximum atomic E-state index is 12.8. The van der Waals surface area contributed by atoms with E-state index in [2.05, 4.69) is 26.0 Å². The zero-order valence-electron chi connectivity index (χ0n) is 9.33. The van der Waals surface area contributed by atoms with Crippen LogP contribution in [0, 0.1) is 0 Å². The van der Waals surface area contributed by atoms with Crippen LogP contribution in [0.5, 0.6) is 0 Å². The van der Waals surface area contributed by atoms with Crippen LogP contribution in [0.15, 0.2) is 14.3 Å². The second-order valence-corrected chi connectivity index (χ2v) is 7.45. The van der Waals surface area contributed by atoms with Crippen LogP contribution in [0.1, 0.15) is 11.3 Å². The molecule has 0 aliphatic heterocycles. The number of aryl methyl sites for hydroxylation is 1. The molecule has 0 aliphatic carbocycles. The molecule has 0 fully saturated rings. The number of hydrogen-bond acceptors (Lipinski definition) is 4. The van der Waals surface area contributed by atoms with Crippen molar-refractivity contribution >= 4 is 50.6 Å². The zero-order chi connectivity index (χ0) is 14.2. The maximum absolute atomic E-state index is 12.8. The number of hydrogen-bond donors (Lipinski definition) is 0. The lowest BCUT2D eigenvalue weighted by Crippen LogP contribution is -2.09. The predicted molar refractivity (Wildman–Crippen MR) is 72.6 cm³/mol. The fourth-order valence-corrected chi connectivity index (χ4v) is 4.23. The summed E-state index contributed by atoms with van der Waals surface area (Å²) < 4.78 is 40.9. The maximum Gasteiger partial charge on any atom is 0.435 e. The first-order valence-electron chi connectivity index (χ1n) is 4.81. The summed E-state index contributed by atoms with van der Waals surface area (Å²) in [5.74, 6) is 0.0709. The SMILES string of the molecule is Cn1nc(C(F)(F)F)c(CSc2ncc(Br)s2)c1Cl. The number of alkyl halides is 3. The molecule has 0 amide bonds. The fourth-order valence-electron chi connectivity index (χ4n) is 1.34. The van der Waals surface area contributed by atoms with Crippen LogP contribution in [0.3, 0.4) is 0 Å². The van der Waals surface area contributed by atoms with Crippen molar-refractivity contribution in [1.29, 1.82) is 0 Å². The Labute approximate surface area is 128 Å². The van der Waals surface area contributed by atoms with Gasteiger partial charge in [-0.3, -0.25) is 4.68 Å². The quantitative estimate of drug-likeness (QED) is 0.715. The standard InChI is InChI=1S/C9H6BrClF3N3S2/c1-17-7(11)4(6(16-17)9(12,13)14)3-18-8-15-2-5(10)19-8/h2H,3H2,1H3. The van der Waals surface area contributed by atoms with E-state index < -0.39 is 11.9 Å². The Morgan fingerprint density at radius 2 is 2.21 bits per heavy atom. The fraction of sp³-hybridized carbons (Fsp3) is 0.333. The minimum atomic E-state index is -4.51. The van der Waals surface area contributed by atoms with Crippen molar-refractivity contribution < 1.29 is 13.2 Å². The topological polar surface area (TPSA) is 30.7 Å². The van der Waals surface area contributed by atoms with Gasteiger partial charge in [0.15, 0.2) is 10.0 Å². The van der Waals surface area contributed by atoms with Crippen molar-refractivity contribution in [2.45, 2.75) is 16.3 Å². The summed E-state index contributed by atoms with van der Waals surface area (Å²) in [6.07, 6.45) is -2.91. The highest BCUT2D eigenvalue weighted by atomic mass is 79.9. The normalized spacial score (nSPS) is 12.1. The molecular weight excluding hydrogens is 387 g/mol. The van der Waals surface area contributed by atoms with Crippen LogP contribution in [-0.2, 0) is 19.0 Å². The molecule has 0 saturated heterocycles. The Bertz CT molecular complexity index is 596. The third kappa shape index (κ3) is 3.45. The van der Waals surface area contributed by atoms with E-state index in [1.165, 1.54) is 30.1 Å². The molecule has 0 unspecified atom stereocenters. The Kier molecular flexibility index (Phi) is 4.49. The zero-order valence-corrected chi connectivity index (χ0v) is 13.3. The van der Waals surface area contributed by atoms with E-state index in [9.17, 15) is 13.2 Å². The van der Waals surface area contributed by atoms with Crippen LogP contribution in [0.25, 0.3) is 0 Å². The number of aromatic nitrogens is 3. The summed E-state index contributed by atoms with van der Waals surface area (Å²) in [6.45, 7) is 0. The highest BCUT2D eigenvalue weighted by molar-refractivity contribution is 9.11. The highest BCUT2D eigenvalue weighted by Gasteiger charge is 2.38. The summed E-state index contributed by atoms with van der Waals surface area (Å²) in [5, 5.41) is 3.41. The summed E-state index contributed by atoms with van der Waals surface area (Å²) >= 11 is 11.6. The molecule has 0 saturated carbocycles. The Hall–Kier alpha value is -0.250. The molecule has 0 aromatic carbocycles. The minimum Gasteiger partial charge on any atom is -0.256 e. The first-order valence-corrected chi connectivity index (χ1v) is 7.79. The average molecular weight is 393 g/mol. The van der Waals surface area contributed by atoms with Crippen molar-refractivity contribution in [1.82, 2.24) is 14.8 Å². The van der Waals surface area contributed by atoms with Gasteiger partial charge in [-0.15, -0.1) is 11.3 Å². The van der Waals surface area contributed by atoms with Gasteiger partial charge < -0.3 is 0 Å². The summed E-state index contributed by atoms with van der Waals surface area (Å²) in [6, 6.07) is 0. The first kappa shape index (κ1) is 15.1. The third-order valence-corrected chi connectivity index (χ3v) is 5.27. The van der Waals surface area contributed by atoms with Crippen LogP contribution >= 0.6 is 50.6 Å². The van der Waals surface area contributed by atoms with E-state index >= 15 is 0 Å². The molecule has 2 rings (SSSR count). The predicted octanol–water partition coefficient (Wildman–Crippen LogP) is 4.60. The van der Waals surface area contributed by atoms with E-state index in [4.69, 9.17) is 11.6 Å². The lowest BCUT2D eigenvalue weighted by Gasteiger charge is -2.05. The molecule has 0 bridgehead atoms. The average Bonchev–Trinajstić information content (AvgIpc) is 2.82. The summed E-state index contributed by atoms with van der Waals surface area (Å²) in [7, 11) is 1.38. The Morgan fingerprint density at radius 1 is 1.53 bits per heavy atom. The minimum absolute atomic E-state index is 0.00422. The van der Waals surface area contributed by atoms with Crippen LogP contribution in [0.4, 0.5) is 13.2 Å². The van der Waals surface area contributed by atoms with Gasteiger partial charge in [-0.05, 0) is 15.9 Å². The number of nitrogens with zero attached hydrogens (tertiary/aromatic N) is 3. The van der Waals surface area contributed by atoms with E-state index in [1.807, 2.05) is 0 Å². The van der Waals surface area contributed by atoms with Gasteiger partial charge >= 0.3 is 6.18 Å². The van der Waals surface area contributed by atoms with Gasteiger partial charge in [-0.1, -0.05) is 23.4 Å². The van der Waals surface area contributed by atoms with E-state index in [0.717, 1.165) is 8.47 Å². The number of rotatable bonds is 3. The molecule has 3 nitrogen and oxygen atoms in total. The lowest BCUT2D eigenvalue weighted by molar-refractivity contribution is -0.141. The van der Waals surface area contributed by atoms with Crippen molar-refractivity contribution in [2.75, 3.05) is 0 Å². The molecule has 2 aromatic heterocycles. The summed E-state index contributed by atoms with van der Waals surface area (Å²) in [4.78, 5) is 4.04. The number of thiazole rings is 1. The molecule has 2 heterocycles. The molecule has 2 aromatic rings.